The van der Waals surface area contributed by atoms with Crippen molar-refractivity contribution in [2.75, 3.05) is 13.7 Å². The minimum Gasteiger partial charge on any atom is -0.497 e. The van der Waals surface area contributed by atoms with Crippen LogP contribution in [-0.4, -0.2) is 70.4 Å². The number of carboxylic acids is 1. The number of hydrogen-bond donors (Lipinski definition) is 2. The van der Waals surface area contributed by atoms with E-state index in [1.54, 1.807) is 47.8 Å². The number of carboxylic acid groups (broad SMARTS) is 1. The highest BCUT2D eigenvalue weighted by Crippen LogP contribution is 2.34. The lowest BCUT2D eigenvalue weighted by molar-refractivity contribution is -0.149. The highest BCUT2D eigenvalue weighted by atomic mass is 16.6. The zero-order valence-electron chi connectivity index (χ0n) is 24.2. The number of amides is 2. The first kappa shape index (κ1) is 29.6. The van der Waals surface area contributed by atoms with E-state index in [1.165, 1.54) is 4.90 Å². The lowest BCUT2D eigenvalue weighted by atomic mass is 10.0. The van der Waals surface area contributed by atoms with Crippen LogP contribution < -0.4 is 14.8 Å². The topological polar surface area (TPSA) is 127 Å². The first-order valence-electron chi connectivity index (χ1n) is 13.6. The number of nitrogens with zero attached hydrogens (tertiary/aromatic N) is 2. The number of likely N-dealkylation sites (tertiary alicyclic amines) is 1. The molecular weight excluding hydrogens is 526 g/mol. The molecule has 41 heavy (non-hydrogen) atoms. The molecule has 0 unspecified atom stereocenters. The third-order valence-corrected chi connectivity index (χ3v) is 6.78. The molecule has 1 fully saturated rings. The Kier molecular flexibility index (Phi) is 8.70. The number of benzene rings is 2. The molecule has 0 radical (unpaired) electrons. The maximum Gasteiger partial charge on any atom is 0.408 e. The molecule has 10 heteroatoms. The first-order chi connectivity index (χ1) is 19.4. The summed E-state index contributed by atoms with van der Waals surface area (Å²) in [6.45, 7) is 8.78. The number of hydrogen-bond acceptors (Lipinski definition) is 7. The van der Waals surface area contributed by atoms with Crippen LogP contribution in [0.3, 0.4) is 0 Å². The Hall–Kier alpha value is -4.34. The molecule has 2 amide bonds. The van der Waals surface area contributed by atoms with E-state index in [0.717, 1.165) is 10.9 Å². The van der Waals surface area contributed by atoms with Gasteiger partial charge in [0, 0.05) is 29.5 Å². The lowest BCUT2D eigenvalue weighted by Crippen LogP contribution is -2.54. The molecule has 10 nitrogen and oxygen atoms in total. The normalized spacial score (nSPS) is 17.8. The van der Waals surface area contributed by atoms with Crippen LogP contribution in [0, 0.1) is 5.92 Å². The van der Waals surface area contributed by atoms with Gasteiger partial charge in [-0.05, 0) is 38.8 Å². The summed E-state index contributed by atoms with van der Waals surface area (Å²) in [5.41, 5.74) is 1.48. The molecule has 2 heterocycles. The van der Waals surface area contributed by atoms with E-state index in [2.05, 4.69) is 5.32 Å². The third-order valence-electron chi connectivity index (χ3n) is 6.78. The summed E-state index contributed by atoms with van der Waals surface area (Å²) < 4.78 is 17.1. The number of ether oxygens (including phenoxy) is 3. The van der Waals surface area contributed by atoms with Crippen LogP contribution >= 0.6 is 0 Å². The van der Waals surface area contributed by atoms with Gasteiger partial charge in [0.1, 0.15) is 35.3 Å². The summed E-state index contributed by atoms with van der Waals surface area (Å²) in [5, 5.41) is 13.4. The predicted molar refractivity (Wildman–Crippen MR) is 154 cm³/mol. The van der Waals surface area contributed by atoms with Crippen LogP contribution in [0.1, 0.15) is 41.0 Å². The van der Waals surface area contributed by atoms with Crippen LogP contribution in [0.5, 0.6) is 11.5 Å². The molecule has 3 atom stereocenters. The third kappa shape index (κ3) is 7.06. The second-order valence-electron chi connectivity index (χ2n) is 11.4. The average molecular weight is 564 g/mol. The molecular formula is C31H37N3O7. The Morgan fingerprint density at radius 3 is 2.39 bits per heavy atom. The first-order valence-corrected chi connectivity index (χ1v) is 13.6. The maximum absolute atomic E-state index is 13.6. The zero-order valence-corrected chi connectivity index (χ0v) is 24.2. The van der Waals surface area contributed by atoms with E-state index in [1.807, 2.05) is 48.5 Å². The van der Waals surface area contributed by atoms with E-state index < -0.39 is 41.8 Å². The number of nitrogens with one attached hydrogen (secondary N) is 1. The van der Waals surface area contributed by atoms with Crippen LogP contribution in [0.25, 0.3) is 22.2 Å². The van der Waals surface area contributed by atoms with Gasteiger partial charge in [-0.25, -0.2) is 14.6 Å². The maximum atomic E-state index is 13.6. The molecule has 4 rings (SSSR count). The zero-order chi connectivity index (χ0) is 29.9. The fraction of sp³-hybridized carbons (Fsp3) is 0.419. The van der Waals surface area contributed by atoms with Gasteiger partial charge < -0.3 is 29.5 Å². The summed E-state index contributed by atoms with van der Waals surface area (Å²) >= 11 is 0. The quantitative estimate of drug-likeness (QED) is 0.397. The summed E-state index contributed by atoms with van der Waals surface area (Å²) in [5.74, 6) is -0.789. The number of aromatic nitrogens is 1. The monoisotopic (exact) mass is 563 g/mol. The molecule has 0 saturated carbocycles. The Balaban J connectivity index is 1.63. The molecule has 1 aliphatic heterocycles. The molecule has 2 aromatic carbocycles. The Morgan fingerprint density at radius 2 is 1.78 bits per heavy atom. The molecule has 3 aromatic rings. The van der Waals surface area contributed by atoms with E-state index in [0.29, 0.717) is 22.7 Å². The molecule has 1 aromatic heterocycles. The van der Waals surface area contributed by atoms with E-state index in [4.69, 9.17) is 19.2 Å². The van der Waals surface area contributed by atoms with Crippen molar-refractivity contribution in [3.63, 3.8) is 0 Å². The number of carbonyl (C=O) groups is 3. The number of carbonyl (C=O) groups excluding carboxylic acids is 2. The van der Waals surface area contributed by atoms with Crippen molar-refractivity contribution in [3.8, 4) is 22.8 Å². The molecule has 2 N–H and O–H groups in total. The van der Waals surface area contributed by atoms with Crippen molar-refractivity contribution in [3.05, 3.63) is 54.6 Å². The SMILES string of the molecule is COc1ccc2c(O[C@@H]3C[C@@H](C(=O)O)N(C(=O)[C@@H](NC(=O)OC(C)(C)C)C(C)C)C3)cc(-c3ccccc3)nc2c1. The number of pyridine rings is 1. The second kappa shape index (κ2) is 12.0. The van der Waals surface area contributed by atoms with E-state index in [-0.39, 0.29) is 18.9 Å². The van der Waals surface area contributed by atoms with Gasteiger partial charge in [0.2, 0.25) is 5.91 Å². The lowest BCUT2D eigenvalue weighted by Gasteiger charge is -2.30. The number of rotatable bonds is 8. The number of methoxy groups -OCH3 is 1. The minimum absolute atomic E-state index is 0.0374. The average Bonchev–Trinajstić information content (AvgIpc) is 3.34. The number of fused-ring (bicyclic) bond motifs is 1. The van der Waals surface area contributed by atoms with Gasteiger partial charge in [0.15, 0.2) is 0 Å². The molecule has 1 aliphatic rings. The van der Waals surface area contributed by atoms with Crippen LogP contribution in [0.2, 0.25) is 0 Å². The summed E-state index contributed by atoms with van der Waals surface area (Å²) in [6, 6.07) is 14.8. The Morgan fingerprint density at radius 1 is 1.07 bits per heavy atom. The van der Waals surface area contributed by atoms with Gasteiger partial charge in [0.05, 0.1) is 24.9 Å². The minimum atomic E-state index is -1.14. The molecule has 0 spiro atoms. The van der Waals surface area contributed by atoms with Crippen molar-refractivity contribution in [2.45, 2.75) is 64.8 Å². The fourth-order valence-electron chi connectivity index (χ4n) is 4.82. The summed E-state index contributed by atoms with van der Waals surface area (Å²) in [7, 11) is 1.58. The fourth-order valence-corrected chi connectivity index (χ4v) is 4.82. The largest absolute Gasteiger partial charge is 0.497 e. The highest BCUT2D eigenvalue weighted by Gasteiger charge is 2.44. The molecule has 0 aliphatic carbocycles. The highest BCUT2D eigenvalue weighted by molar-refractivity contribution is 5.91. The van der Waals surface area contributed by atoms with E-state index >= 15 is 0 Å². The van der Waals surface area contributed by atoms with Gasteiger partial charge in [0.25, 0.3) is 0 Å². The molecule has 218 valence electrons. The molecule has 1 saturated heterocycles. The van der Waals surface area contributed by atoms with Crippen molar-refractivity contribution < 1.29 is 33.7 Å². The number of alkyl carbamates (subject to hydrolysis) is 1. The standard InChI is InChI=1S/C31H37N3O7/c1-18(2)27(33-30(38)41-31(3,4)5)28(35)34-17-21(15-25(34)29(36)37)40-26-16-23(19-10-8-7-9-11-19)32-24-14-20(39-6)12-13-22(24)26/h7-14,16,18,21,25,27H,15,17H2,1-6H3,(H,33,38)(H,36,37)/t21-,25+,27+/m1/s1. The second-order valence-corrected chi connectivity index (χ2v) is 11.4. The van der Waals surface area contributed by atoms with Crippen LogP contribution in [-0.2, 0) is 14.3 Å². The van der Waals surface area contributed by atoms with Crippen LogP contribution in [0.4, 0.5) is 4.79 Å². The molecule has 0 bridgehead atoms. The smallest absolute Gasteiger partial charge is 0.408 e. The predicted octanol–water partition coefficient (Wildman–Crippen LogP) is 4.89. The Bertz CT molecular complexity index is 1420. The van der Waals surface area contributed by atoms with Gasteiger partial charge in [-0.15, -0.1) is 0 Å². The van der Waals surface area contributed by atoms with E-state index in [9.17, 15) is 19.5 Å². The number of aliphatic carboxylic acids is 1. The van der Waals surface area contributed by atoms with Gasteiger partial charge in [-0.1, -0.05) is 44.2 Å². The van der Waals surface area contributed by atoms with Gasteiger partial charge in [-0.2, -0.15) is 0 Å². The van der Waals surface area contributed by atoms with Crippen molar-refractivity contribution >= 4 is 28.9 Å². The van der Waals surface area contributed by atoms with Gasteiger partial charge in [-0.3, -0.25) is 4.79 Å². The van der Waals surface area contributed by atoms with Crippen molar-refractivity contribution in [2.24, 2.45) is 5.92 Å². The Labute approximate surface area is 239 Å². The van der Waals surface area contributed by atoms with Crippen LogP contribution in [0.15, 0.2) is 54.6 Å². The summed E-state index contributed by atoms with van der Waals surface area (Å²) in [4.78, 5) is 44.4. The van der Waals surface area contributed by atoms with Gasteiger partial charge >= 0.3 is 12.1 Å². The van der Waals surface area contributed by atoms with Crippen molar-refractivity contribution in [1.82, 2.24) is 15.2 Å². The summed E-state index contributed by atoms with van der Waals surface area (Å²) in [6.07, 6.45) is -1.26. The van der Waals surface area contributed by atoms with Crippen molar-refractivity contribution in [1.29, 1.82) is 0 Å².